The number of aromatic nitrogens is 1. The van der Waals surface area contributed by atoms with Crippen LogP contribution in [0.2, 0.25) is 5.02 Å². The number of methoxy groups -OCH3 is 1. The highest BCUT2D eigenvalue weighted by Crippen LogP contribution is 2.46. The molecule has 53 heavy (non-hydrogen) atoms. The Labute approximate surface area is 314 Å². The molecular weight excluding hydrogens is 726 g/mol. The van der Waals surface area contributed by atoms with E-state index < -0.39 is 74.3 Å². The van der Waals surface area contributed by atoms with Gasteiger partial charge in [0.1, 0.15) is 35.1 Å². The molecular formula is C37H48ClN5O9S. The van der Waals surface area contributed by atoms with Crippen molar-refractivity contribution in [3.63, 3.8) is 0 Å². The predicted octanol–water partition coefficient (Wildman–Crippen LogP) is 4.39. The molecule has 0 radical (unpaired) electrons. The molecule has 3 heterocycles. The summed E-state index contributed by atoms with van der Waals surface area (Å²) in [7, 11) is -2.38. The highest BCUT2D eigenvalue weighted by Gasteiger charge is 2.62. The number of allylic oxidation sites excluding steroid dienone is 1. The molecule has 2 aliphatic heterocycles. The number of nitrogens with one attached hydrogen (secondary N) is 3. The third-order valence-electron chi connectivity index (χ3n) is 10.2. The van der Waals surface area contributed by atoms with Crippen molar-refractivity contribution in [2.24, 2.45) is 11.8 Å². The number of carbonyl (C=O) groups excluding carboxylic acids is 4. The first-order valence-electron chi connectivity index (χ1n) is 18.1. The van der Waals surface area contributed by atoms with Crippen LogP contribution in [0.3, 0.4) is 0 Å². The highest BCUT2D eigenvalue weighted by molar-refractivity contribution is 7.91. The van der Waals surface area contributed by atoms with Crippen LogP contribution in [0.4, 0.5) is 4.79 Å². The Balaban J connectivity index is 1.34. The van der Waals surface area contributed by atoms with Gasteiger partial charge in [-0.05, 0) is 83.4 Å². The van der Waals surface area contributed by atoms with Gasteiger partial charge in [-0.25, -0.2) is 18.2 Å². The summed E-state index contributed by atoms with van der Waals surface area (Å²) in [6.45, 7) is 6.99. The second kappa shape index (κ2) is 15.0. The van der Waals surface area contributed by atoms with Crippen molar-refractivity contribution in [2.75, 3.05) is 13.7 Å². The van der Waals surface area contributed by atoms with E-state index in [0.29, 0.717) is 47.2 Å². The number of hydrogen-bond donors (Lipinski definition) is 3. The molecule has 2 aliphatic carbocycles. The lowest BCUT2D eigenvalue weighted by Crippen LogP contribution is -2.59. The molecule has 288 valence electrons. The van der Waals surface area contributed by atoms with Gasteiger partial charge in [0.25, 0.3) is 5.91 Å². The topological polar surface area (TPSA) is 182 Å². The first-order valence-corrected chi connectivity index (χ1v) is 20.1. The first-order chi connectivity index (χ1) is 25.0. The van der Waals surface area contributed by atoms with E-state index in [0.717, 1.165) is 12.8 Å². The number of carbonyl (C=O) groups is 4. The molecule has 16 heteroatoms. The second-order valence-corrected chi connectivity index (χ2v) is 18.0. The zero-order chi connectivity index (χ0) is 38.3. The molecule has 0 bridgehead atoms. The van der Waals surface area contributed by atoms with Crippen molar-refractivity contribution in [1.82, 2.24) is 25.2 Å². The van der Waals surface area contributed by atoms with E-state index in [1.165, 1.54) is 18.2 Å². The van der Waals surface area contributed by atoms with E-state index >= 15 is 0 Å². The molecule has 3 N–H and O–H groups in total. The fourth-order valence-corrected chi connectivity index (χ4v) is 8.67. The van der Waals surface area contributed by atoms with Crippen molar-refractivity contribution in [3.05, 3.63) is 41.6 Å². The quantitative estimate of drug-likeness (QED) is 0.342. The summed E-state index contributed by atoms with van der Waals surface area (Å²) < 4.78 is 45.3. The number of pyridine rings is 1. The highest BCUT2D eigenvalue weighted by atomic mass is 35.5. The predicted molar refractivity (Wildman–Crippen MR) is 197 cm³/mol. The summed E-state index contributed by atoms with van der Waals surface area (Å²) in [6, 6.07) is 2.99. The lowest BCUT2D eigenvalue weighted by atomic mass is 9.93. The average Bonchev–Trinajstić information content (AvgIpc) is 4.01. The van der Waals surface area contributed by atoms with Crippen LogP contribution in [0.15, 0.2) is 36.5 Å². The van der Waals surface area contributed by atoms with Gasteiger partial charge >= 0.3 is 6.09 Å². The molecule has 0 spiro atoms. The number of nitrogens with zero attached hydrogens (tertiary/aromatic N) is 2. The number of hydrogen-bond acceptors (Lipinski definition) is 10. The Bertz CT molecular complexity index is 1910. The van der Waals surface area contributed by atoms with E-state index in [1.807, 2.05) is 19.1 Å². The Morgan fingerprint density at radius 2 is 1.87 bits per heavy atom. The van der Waals surface area contributed by atoms with Gasteiger partial charge in [-0.3, -0.25) is 19.1 Å². The Morgan fingerprint density at radius 1 is 1.11 bits per heavy atom. The van der Waals surface area contributed by atoms with Gasteiger partial charge in [0.2, 0.25) is 27.7 Å². The van der Waals surface area contributed by atoms with Gasteiger partial charge in [0, 0.05) is 28.1 Å². The molecule has 2 saturated carbocycles. The normalized spacial score (nSPS) is 28.7. The summed E-state index contributed by atoms with van der Waals surface area (Å²) in [5.41, 5.74) is -2.34. The van der Waals surface area contributed by atoms with Crippen LogP contribution in [-0.2, 0) is 29.1 Å². The number of amides is 4. The zero-order valence-electron chi connectivity index (χ0n) is 30.6. The van der Waals surface area contributed by atoms with Gasteiger partial charge < -0.3 is 29.7 Å². The minimum Gasteiger partial charge on any atom is -0.494 e. The third-order valence-corrected chi connectivity index (χ3v) is 12.3. The van der Waals surface area contributed by atoms with Crippen LogP contribution >= 0.6 is 11.6 Å². The largest absolute Gasteiger partial charge is 0.494 e. The fourth-order valence-electron chi connectivity index (χ4n) is 7.14. The second-order valence-electron chi connectivity index (χ2n) is 15.6. The molecule has 2 aromatic rings. The maximum atomic E-state index is 14.6. The zero-order valence-corrected chi connectivity index (χ0v) is 32.2. The Morgan fingerprint density at radius 3 is 2.57 bits per heavy atom. The van der Waals surface area contributed by atoms with Crippen molar-refractivity contribution < 1.29 is 41.8 Å². The Hall–Kier alpha value is -4.11. The molecule has 14 nitrogen and oxygen atoms in total. The molecule has 6 atom stereocenters. The molecule has 1 aromatic carbocycles. The maximum Gasteiger partial charge on any atom is 0.408 e. The Kier molecular flexibility index (Phi) is 10.9. The van der Waals surface area contributed by atoms with Crippen molar-refractivity contribution in [2.45, 2.75) is 114 Å². The van der Waals surface area contributed by atoms with Crippen LogP contribution < -0.4 is 24.8 Å². The van der Waals surface area contributed by atoms with E-state index in [1.54, 1.807) is 39.0 Å². The van der Waals surface area contributed by atoms with E-state index in [2.05, 4.69) is 20.3 Å². The molecule has 1 saturated heterocycles. The number of alkyl carbamates (subject to hydrolysis) is 1. The number of halogens is 1. The van der Waals surface area contributed by atoms with Gasteiger partial charge in [0.15, 0.2) is 0 Å². The molecule has 4 aliphatic rings. The minimum absolute atomic E-state index is 0.0134. The average molecular weight is 774 g/mol. The maximum absolute atomic E-state index is 14.6. The van der Waals surface area contributed by atoms with Crippen molar-refractivity contribution in [1.29, 1.82) is 0 Å². The molecule has 0 unspecified atom stereocenters. The standard InChI is InChI=1S/C37H48ClN5O9S/c1-21-10-8-6-7-9-11-22-18-37(22,34(46)42-53(48,49)25-13-14-25)41-31(44)28-17-24(20-43(28)33(45)30(21)40-35(47)52-36(2,3)4)51-32-27-16-23(38)12-15-26(27)29(50-5)19-39-32/h9,11-12,15-16,19,21-22,24-25,28,30H,6-8,10,13-14,17-18,20H2,1-5H3,(H,40,47)(H,41,44)(H,42,46)/b11-9-/t21-,22-,24-,28+,30+,37-/m1/s1. The van der Waals surface area contributed by atoms with Crippen LogP contribution in [0.1, 0.15) is 79.1 Å². The molecule has 4 amide bonds. The van der Waals surface area contributed by atoms with Gasteiger partial charge in [-0.2, -0.15) is 0 Å². The monoisotopic (exact) mass is 773 g/mol. The lowest BCUT2D eigenvalue weighted by Gasteiger charge is -2.32. The fraction of sp³-hybridized carbons (Fsp3) is 0.595. The third kappa shape index (κ3) is 8.66. The summed E-state index contributed by atoms with van der Waals surface area (Å²) in [5.74, 6) is -2.01. The van der Waals surface area contributed by atoms with Gasteiger partial charge in [-0.15, -0.1) is 0 Å². The SMILES string of the molecule is COc1cnc(O[C@@H]2C[C@H]3C(=O)N[C@]4(C(=O)NS(=O)(=O)C5CC5)C[C@H]4/C=C\CCCC[C@@H](C)[C@H](NC(=O)OC(C)(C)C)C(=O)N3C2)c2cc(Cl)ccc12. The summed E-state index contributed by atoms with van der Waals surface area (Å²) >= 11 is 6.35. The number of benzene rings is 1. The van der Waals surface area contributed by atoms with Crippen LogP contribution in [0.25, 0.3) is 10.8 Å². The van der Waals surface area contributed by atoms with Gasteiger partial charge in [0.05, 0.1) is 25.1 Å². The number of sulfonamides is 1. The molecule has 1 aromatic heterocycles. The first kappa shape index (κ1) is 38.6. The van der Waals surface area contributed by atoms with Crippen molar-refractivity contribution in [3.8, 4) is 11.6 Å². The lowest BCUT2D eigenvalue weighted by molar-refractivity contribution is -0.142. The smallest absolute Gasteiger partial charge is 0.408 e. The molecule has 3 fully saturated rings. The van der Waals surface area contributed by atoms with Crippen LogP contribution in [-0.4, -0.2) is 90.3 Å². The van der Waals surface area contributed by atoms with Gasteiger partial charge in [-0.1, -0.05) is 37.1 Å². The van der Waals surface area contributed by atoms with E-state index in [4.69, 9.17) is 25.8 Å². The molecule has 6 rings (SSSR count). The van der Waals surface area contributed by atoms with Crippen LogP contribution in [0, 0.1) is 11.8 Å². The summed E-state index contributed by atoms with van der Waals surface area (Å²) in [4.78, 5) is 61.7. The van der Waals surface area contributed by atoms with Crippen molar-refractivity contribution >= 4 is 56.2 Å². The van der Waals surface area contributed by atoms with Crippen LogP contribution in [0.5, 0.6) is 11.6 Å². The minimum atomic E-state index is -3.90. The number of fused-ring (bicyclic) bond motifs is 3. The van der Waals surface area contributed by atoms with E-state index in [-0.39, 0.29) is 31.2 Å². The van der Waals surface area contributed by atoms with E-state index in [9.17, 15) is 27.6 Å². The number of rotatable bonds is 7. The summed E-state index contributed by atoms with van der Waals surface area (Å²) in [6.07, 6.45) is 7.74. The number of ether oxygens (including phenoxy) is 3. The summed E-state index contributed by atoms with van der Waals surface area (Å²) in [5, 5.41) is 6.71.